The summed E-state index contributed by atoms with van der Waals surface area (Å²) >= 11 is 0. The Balaban J connectivity index is 2.05. The van der Waals surface area contributed by atoms with Gasteiger partial charge in [-0.2, -0.15) is 0 Å². The lowest BCUT2D eigenvalue weighted by molar-refractivity contribution is 0.516. The third kappa shape index (κ3) is 4.83. The zero-order valence-corrected chi connectivity index (χ0v) is 13.1. The maximum Gasteiger partial charge on any atom is 0.237 e. The second kappa shape index (κ2) is 7.74. The van der Waals surface area contributed by atoms with Crippen molar-refractivity contribution in [3.8, 4) is 0 Å². The van der Waals surface area contributed by atoms with Crippen LogP contribution in [0.25, 0.3) is 0 Å². The Morgan fingerprint density at radius 2 is 1.71 bits per heavy atom. The first-order chi connectivity index (χ1) is 10.2. The van der Waals surface area contributed by atoms with Crippen LogP contribution in [-0.2, 0) is 0 Å². The van der Waals surface area contributed by atoms with Crippen LogP contribution >= 0.6 is 0 Å². The van der Waals surface area contributed by atoms with Gasteiger partial charge in [0, 0.05) is 11.4 Å². The van der Waals surface area contributed by atoms with Crippen LogP contribution in [0.5, 0.6) is 0 Å². The molecular weight excluding hydrogens is 260 g/mol. The lowest BCUT2D eigenvalue weighted by Gasteiger charge is -2.19. The molecule has 2 rings (SSSR count). The van der Waals surface area contributed by atoms with E-state index in [9.17, 15) is 0 Å². The lowest BCUT2D eigenvalue weighted by Crippen LogP contribution is -2.28. The standard InChI is InChI=1S/C17H24N4/c1-4-5-11-16(15-9-7-6-8-10-15)20-21-17-18-13(2)12-14(3)19-17/h6-10,12,16,20H,4-5,11H2,1-3H3,(H,18,19,21). The largest absolute Gasteiger partial charge is 0.289 e. The zero-order chi connectivity index (χ0) is 15.1. The Bertz CT molecular complexity index is 534. The number of nitrogens with zero attached hydrogens (tertiary/aromatic N) is 2. The van der Waals surface area contributed by atoms with Crippen molar-refractivity contribution in [3.63, 3.8) is 0 Å². The predicted octanol–water partition coefficient (Wildman–Crippen LogP) is 3.94. The molecule has 2 aromatic rings. The first-order valence-electron chi connectivity index (χ1n) is 7.58. The summed E-state index contributed by atoms with van der Waals surface area (Å²) in [6, 6.07) is 12.7. The number of nitrogens with one attached hydrogen (secondary N) is 2. The molecule has 0 amide bonds. The Labute approximate surface area is 127 Å². The second-order valence-corrected chi connectivity index (χ2v) is 5.35. The van der Waals surface area contributed by atoms with Gasteiger partial charge < -0.3 is 0 Å². The van der Waals surface area contributed by atoms with E-state index in [-0.39, 0.29) is 6.04 Å². The van der Waals surface area contributed by atoms with Crippen LogP contribution in [0.1, 0.15) is 49.2 Å². The maximum absolute atomic E-state index is 4.40. The van der Waals surface area contributed by atoms with Crippen molar-refractivity contribution >= 4 is 5.95 Å². The Kier molecular flexibility index (Phi) is 5.69. The molecule has 0 spiro atoms. The van der Waals surface area contributed by atoms with E-state index in [2.05, 4.69) is 52.0 Å². The molecule has 1 atom stereocenters. The fourth-order valence-corrected chi connectivity index (χ4v) is 2.35. The minimum absolute atomic E-state index is 0.260. The van der Waals surface area contributed by atoms with Crippen molar-refractivity contribution in [2.45, 2.75) is 46.1 Å². The van der Waals surface area contributed by atoms with Crippen molar-refractivity contribution in [2.75, 3.05) is 5.43 Å². The average Bonchev–Trinajstić information content (AvgIpc) is 2.47. The molecule has 0 radical (unpaired) electrons. The summed E-state index contributed by atoms with van der Waals surface area (Å²) in [5.74, 6) is 0.630. The second-order valence-electron chi connectivity index (χ2n) is 5.35. The number of rotatable bonds is 7. The highest BCUT2D eigenvalue weighted by Gasteiger charge is 2.10. The minimum Gasteiger partial charge on any atom is -0.289 e. The van der Waals surface area contributed by atoms with Crippen LogP contribution in [0.15, 0.2) is 36.4 Å². The van der Waals surface area contributed by atoms with Gasteiger partial charge in [0.1, 0.15) is 0 Å². The molecule has 1 aromatic carbocycles. The van der Waals surface area contributed by atoms with Gasteiger partial charge in [-0.15, -0.1) is 0 Å². The summed E-state index contributed by atoms with van der Waals surface area (Å²) in [6.07, 6.45) is 3.45. The van der Waals surface area contributed by atoms with Gasteiger partial charge in [0.15, 0.2) is 0 Å². The molecule has 2 N–H and O–H groups in total. The fourth-order valence-electron chi connectivity index (χ4n) is 2.35. The van der Waals surface area contributed by atoms with E-state index in [1.54, 1.807) is 0 Å². The number of unbranched alkanes of at least 4 members (excludes halogenated alkanes) is 1. The highest BCUT2D eigenvalue weighted by molar-refractivity contribution is 5.27. The van der Waals surface area contributed by atoms with Crippen molar-refractivity contribution in [2.24, 2.45) is 0 Å². The van der Waals surface area contributed by atoms with Crippen molar-refractivity contribution in [1.29, 1.82) is 0 Å². The maximum atomic E-state index is 4.40. The molecule has 1 unspecified atom stereocenters. The first kappa shape index (κ1) is 15.4. The van der Waals surface area contributed by atoms with E-state index < -0.39 is 0 Å². The number of benzene rings is 1. The molecule has 0 saturated heterocycles. The monoisotopic (exact) mass is 284 g/mol. The van der Waals surface area contributed by atoms with Gasteiger partial charge in [-0.3, -0.25) is 5.43 Å². The van der Waals surface area contributed by atoms with Crippen LogP contribution < -0.4 is 10.9 Å². The minimum atomic E-state index is 0.260. The topological polar surface area (TPSA) is 49.8 Å². The first-order valence-corrected chi connectivity index (χ1v) is 7.58. The molecule has 0 aliphatic heterocycles. The van der Waals surface area contributed by atoms with Crippen LogP contribution in [0.2, 0.25) is 0 Å². The molecule has 4 heteroatoms. The smallest absolute Gasteiger partial charge is 0.237 e. The van der Waals surface area contributed by atoms with E-state index in [4.69, 9.17) is 0 Å². The van der Waals surface area contributed by atoms with E-state index in [0.29, 0.717) is 5.95 Å². The quantitative estimate of drug-likeness (QED) is 0.756. The van der Waals surface area contributed by atoms with Crippen molar-refractivity contribution in [3.05, 3.63) is 53.3 Å². The number of hydrogen-bond acceptors (Lipinski definition) is 4. The summed E-state index contributed by atoms with van der Waals surface area (Å²) in [5, 5.41) is 0. The summed E-state index contributed by atoms with van der Waals surface area (Å²) in [6.45, 7) is 6.17. The van der Waals surface area contributed by atoms with Crippen LogP contribution in [0.3, 0.4) is 0 Å². The van der Waals surface area contributed by atoms with Gasteiger partial charge in [-0.25, -0.2) is 15.4 Å². The summed E-state index contributed by atoms with van der Waals surface area (Å²) in [5.41, 5.74) is 9.75. The van der Waals surface area contributed by atoms with E-state index in [1.165, 1.54) is 18.4 Å². The fraction of sp³-hybridized carbons (Fsp3) is 0.412. The lowest BCUT2D eigenvalue weighted by atomic mass is 10.0. The number of aryl methyl sites for hydroxylation is 2. The number of hydrogen-bond donors (Lipinski definition) is 2. The van der Waals surface area contributed by atoms with Gasteiger partial charge in [-0.1, -0.05) is 50.1 Å². The van der Waals surface area contributed by atoms with Gasteiger partial charge in [-0.05, 0) is 31.9 Å². The molecular formula is C17H24N4. The van der Waals surface area contributed by atoms with Crippen LogP contribution in [0, 0.1) is 13.8 Å². The van der Waals surface area contributed by atoms with Gasteiger partial charge in [0.2, 0.25) is 5.95 Å². The molecule has 0 bridgehead atoms. The summed E-state index contributed by atoms with van der Waals surface area (Å²) in [7, 11) is 0. The highest BCUT2D eigenvalue weighted by Crippen LogP contribution is 2.19. The molecule has 0 saturated carbocycles. The number of aromatic nitrogens is 2. The third-order valence-electron chi connectivity index (χ3n) is 3.39. The molecule has 4 nitrogen and oxygen atoms in total. The van der Waals surface area contributed by atoms with Crippen LogP contribution in [0.4, 0.5) is 5.95 Å². The molecule has 1 aromatic heterocycles. The predicted molar refractivity (Wildman–Crippen MR) is 87.0 cm³/mol. The summed E-state index contributed by atoms with van der Waals surface area (Å²) in [4.78, 5) is 8.79. The summed E-state index contributed by atoms with van der Waals surface area (Å²) < 4.78 is 0. The van der Waals surface area contributed by atoms with Crippen LogP contribution in [-0.4, -0.2) is 9.97 Å². The Hall–Kier alpha value is -1.94. The zero-order valence-electron chi connectivity index (χ0n) is 13.1. The SMILES string of the molecule is CCCCC(NNc1nc(C)cc(C)n1)c1ccccc1. The van der Waals surface area contributed by atoms with Crippen molar-refractivity contribution < 1.29 is 0 Å². The Morgan fingerprint density at radius 3 is 2.33 bits per heavy atom. The normalized spacial score (nSPS) is 12.1. The molecule has 21 heavy (non-hydrogen) atoms. The molecule has 0 fully saturated rings. The average molecular weight is 284 g/mol. The van der Waals surface area contributed by atoms with Gasteiger partial charge in [0.05, 0.1) is 6.04 Å². The Morgan fingerprint density at radius 1 is 1.05 bits per heavy atom. The molecule has 0 aliphatic rings. The van der Waals surface area contributed by atoms with E-state index in [0.717, 1.165) is 17.8 Å². The van der Waals surface area contributed by atoms with Crippen molar-refractivity contribution in [1.82, 2.24) is 15.4 Å². The number of hydrazine groups is 1. The molecule has 0 aliphatic carbocycles. The van der Waals surface area contributed by atoms with Gasteiger partial charge >= 0.3 is 0 Å². The highest BCUT2D eigenvalue weighted by atomic mass is 15.4. The number of anilines is 1. The van der Waals surface area contributed by atoms with E-state index >= 15 is 0 Å². The molecule has 112 valence electrons. The third-order valence-corrected chi connectivity index (χ3v) is 3.39. The van der Waals surface area contributed by atoms with Gasteiger partial charge in [0.25, 0.3) is 0 Å². The molecule has 1 heterocycles. The van der Waals surface area contributed by atoms with E-state index in [1.807, 2.05) is 26.0 Å².